The number of hydrogen-bond donors (Lipinski definition) is 1. The lowest BCUT2D eigenvalue weighted by atomic mass is 9.85. The first-order chi connectivity index (χ1) is 13.1. The first-order valence-electron chi connectivity index (χ1n) is 9.90. The summed E-state index contributed by atoms with van der Waals surface area (Å²) < 4.78 is 2.09. The molecule has 0 saturated carbocycles. The highest BCUT2D eigenvalue weighted by molar-refractivity contribution is 5.81. The topological polar surface area (TPSA) is 54.2 Å². The van der Waals surface area contributed by atoms with Crippen molar-refractivity contribution in [3.05, 3.63) is 60.3 Å². The van der Waals surface area contributed by atoms with Crippen molar-refractivity contribution in [1.29, 1.82) is 0 Å². The van der Waals surface area contributed by atoms with Crippen LogP contribution in [0.5, 0.6) is 0 Å². The molecule has 2 fully saturated rings. The maximum absolute atomic E-state index is 11.3. The fraction of sp³-hybridized carbons (Fsp3) is 0.455. The highest BCUT2D eigenvalue weighted by Gasteiger charge is 2.47. The average Bonchev–Trinajstić information content (AvgIpc) is 3.16. The first-order valence-corrected chi connectivity index (χ1v) is 9.90. The van der Waals surface area contributed by atoms with E-state index in [0.29, 0.717) is 18.6 Å². The van der Waals surface area contributed by atoms with Gasteiger partial charge in [-0.2, -0.15) is 0 Å². The molecule has 5 heteroatoms. The molecule has 1 N–H and O–H groups in total. The predicted octanol–water partition coefficient (Wildman–Crippen LogP) is 3.30. The monoisotopic (exact) mass is 362 g/mol. The van der Waals surface area contributed by atoms with E-state index in [1.54, 1.807) is 0 Å². The van der Waals surface area contributed by atoms with Gasteiger partial charge in [0.05, 0.1) is 17.7 Å². The maximum Gasteiger partial charge on any atom is 0.105 e. The van der Waals surface area contributed by atoms with Crippen LogP contribution in [-0.2, 0) is 13.1 Å². The van der Waals surface area contributed by atoms with Gasteiger partial charge < -0.3 is 9.67 Å². The van der Waals surface area contributed by atoms with Crippen molar-refractivity contribution in [2.24, 2.45) is 0 Å². The molecule has 2 saturated heterocycles. The van der Waals surface area contributed by atoms with Gasteiger partial charge in [-0.05, 0) is 44.2 Å². The Labute approximate surface area is 159 Å². The Kier molecular flexibility index (Phi) is 4.02. The van der Waals surface area contributed by atoms with Gasteiger partial charge in [0.2, 0.25) is 0 Å². The quantitative estimate of drug-likeness (QED) is 0.774. The summed E-state index contributed by atoms with van der Waals surface area (Å²) in [6.45, 7) is 3.57. The Morgan fingerprint density at radius 2 is 1.85 bits per heavy atom. The number of aromatic nitrogens is 3. The maximum atomic E-state index is 11.3. The minimum atomic E-state index is -0.634. The van der Waals surface area contributed by atoms with Gasteiger partial charge in [-0.25, -0.2) is 4.98 Å². The molecule has 27 heavy (non-hydrogen) atoms. The van der Waals surface area contributed by atoms with Crippen molar-refractivity contribution in [2.45, 2.75) is 63.4 Å². The van der Waals surface area contributed by atoms with Crippen LogP contribution in [0.2, 0.25) is 0 Å². The van der Waals surface area contributed by atoms with Gasteiger partial charge in [0.15, 0.2) is 0 Å². The van der Waals surface area contributed by atoms with Crippen LogP contribution in [0, 0.1) is 6.92 Å². The third-order valence-electron chi connectivity index (χ3n) is 6.46. The van der Waals surface area contributed by atoms with Crippen LogP contribution in [0.25, 0.3) is 10.9 Å². The van der Waals surface area contributed by atoms with E-state index in [1.165, 1.54) is 23.8 Å². The van der Waals surface area contributed by atoms with E-state index in [0.717, 1.165) is 30.7 Å². The third kappa shape index (κ3) is 3.05. The van der Waals surface area contributed by atoms with Gasteiger partial charge in [0.1, 0.15) is 5.82 Å². The second kappa shape index (κ2) is 6.43. The molecule has 2 unspecified atom stereocenters. The minimum Gasteiger partial charge on any atom is -0.388 e. The van der Waals surface area contributed by atoms with Crippen molar-refractivity contribution < 1.29 is 5.11 Å². The second-order valence-electron chi connectivity index (χ2n) is 8.28. The lowest BCUT2D eigenvalue weighted by Crippen LogP contribution is -2.52. The van der Waals surface area contributed by atoms with Crippen LogP contribution < -0.4 is 0 Å². The minimum absolute atomic E-state index is 0.441. The molecule has 1 aromatic carbocycles. The van der Waals surface area contributed by atoms with E-state index < -0.39 is 5.60 Å². The third-order valence-corrected chi connectivity index (χ3v) is 6.46. The Morgan fingerprint density at radius 3 is 2.59 bits per heavy atom. The Hall–Kier alpha value is -2.24. The normalized spacial score (nSPS) is 28.1. The van der Waals surface area contributed by atoms with E-state index >= 15 is 0 Å². The molecule has 4 heterocycles. The summed E-state index contributed by atoms with van der Waals surface area (Å²) in [4.78, 5) is 11.5. The zero-order valence-electron chi connectivity index (χ0n) is 15.8. The molecule has 2 atom stereocenters. The summed E-state index contributed by atoms with van der Waals surface area (Å²) in [6, 6.07) is 11.5. The van der Waals surface area contributed by atoms with Crippen LogP contribution in [0.3, 0.4) is 0 Å². The summed E-state index contributed by atoms with van der Waals surface area (Å²) >= 11 is 0. The zero-order valence-corrected chi connectivity index (χ0v) is 15.8. The van der Waals surface area contributed by atoms with E-state index in [4.69, 9.17) is 0 Å². The Morgan fingerprint density at radius 1 is 1.07 bits per heavy atom. The lowest BCUT2D eigenvalue weighted by molar-refractivity contribution is -0.0653. The molecule has 2 aliphatic heterocycles. The molecule has 0 spiro atoms. The highest BCUT2D eigenvalue weighted by atomic mass is 16.3. The number of nitrogens with zero attached hydrogens (tertiary/aromatic N) is 4. The van der Waals surface area contributed by atoms with Gasteiger partial charge in [-0.15, -0.1) is 0 Å². The molecule has 0 amide bonds. The van der Waals surface area contributed by atoms with Gasteiger partial charge in [-0.1, -0.05) is 24.3 Å². The van der Waals surface area contributed by atoms with Crippen LogP contribution in [0.4, 0.5) is 0 Å². The number of imidazole rings is 1. The Bertz CT molecular complexity index is 946. The number of pyridine rings is 1. The van der Waals surface area contributed by atoms with Crippen molar-refractivity contribution in [3.8, 4) is 0 Å². The largest absolute Gasteiger partial charge is 0.388 e. The van der Waals surface area contributed by atoms with Crippen molar-refractivity contribution in [2.75, 3.05) is 0 Å². The smallest absolute Gasteiger partial charge is 0.105 e. The molecule has 2 aliphatic rings. The van der Waals surface area contributed by atoms with Crippen LogP contribution in [0.15, 0.2) is 48.9 Å². The molecule has 2 aromatic heterocycles. The molecule has 0 aliphatic carbocycles. The second-order valence-corrected chi connectivity index (χ2v) is 8.28. The molecule has 2 bridgehead atoms. The summed E-state index contributed by atoms with van der Waals surface area (Å²) in [7, 11) is 0. The standard InChI is InChI=1S/C22H26N4O/c1-16-23-10-11-25(16)15-22(27)12-19-7-8-20(13-22)26(19)14-18-5-2-4-17-6-3-9-24-21(17)18/h2-6,9-11,19-20,27H,7-8,12-15H2,1H3. The summed E-state index contributed by atoms with van der Waals surface area (Å²) in [5, 5.41) is 12.5. The predicted molar refractivity (Wildman–Crippen MR) is 105 cm³/mol. The summed E-state index contributed by atoms with van der Waals surface area (Å²) in [5.74, 6) is 0.972. The number of para-hydroxylation sites is 1. The van der Waals surface area contributed by atoms with E-state index in [2.05, 4.69) is 43.7 Å². The average molecular weight is 362 g/mol. The number of aryl methyl sites for hydroxylation is 1. The van der Waals surface area contributed by atoms with Gasteiger partial charge in [0.25, 0.3) is 0 Å². The van der Waals surface area contributed by atoms with E-state index in [9.17, 15) is 5.11 Å². The number of hydrogen-bond acceptors (Lipinski definition) is 4. The van der Waals surface area contributed by atoms with E-state index in [1.807, 2.05) is 31.6 Å². The first kappa shape index (κ1) is 16.9. The Balaban J connectivity index is 1.37. The fourth-order valence-electron chi connectivity index (χ4n) is 5.18. The molecular formula is C22H26N4O. The highest BCUT2D eigenvalue weighted by Crippen LogP contribution is 2.42. The summed E-state index contributed by atoms with van der Waals surface area (Å²) in [5.41, 5.74) is 1.76. The molecular weight excluding hydrogens is 336 g/mol. The molecule has 140 valence electrons. The summed E-state index contributed by atoms with van der Waals surface area (Å²) in [6.07, 6.45) is 9.68. The van der Waals surface area contributed by atoms with Crippen molar-refractivity contribution >= 4 is 10.9 Å². The molecule has 5 nitrogen and oxygen atoms in total. The van der Waals surface area contributed by atoms with Crippen LogP contribution in [-0.4, -0.2) is 42.2 Å². The van der Waals surface area contributed by atoms with Crippen LogP contribution in [0.1, 0.15) is 37.1 Å². The number of rotatable bonds is 4. The van der Waals surface area contributed by atoms with Gasteiger partial charge in [0, 0.05) is 42.6 Å². The molecule has 3 aromatic rings. The molecule has 0 radical (unpaired) electrons. The van der Waals surface area contributed by atoms with Gasteiger partial charge in [-0.3, -0.25) is 9.88 Å². The fourth-order valence-corrected chi connectivity index (χ4v) is 5.18. The zero-order chi connectivity index (χ0) is 18.4. The molecule has 5 rings (SSSR count). The van der Waals surface area contributed by atoms with Gasteiger partial charge >= 0.3 is 0 Å². The number of fused-ring (bicyclic) bond motifs is 3. The van der Waals surface area contributed by atoms with Crippen LogP contribution >= 0.6 is 0 Å². The van der Waals surface area contributed by atoms with Crippen molar-refractivity contribution in [3.63, 3.8) is 0 Å². The SMILES string of the molecule is Cc1nccn1CC1(O)CC2CCC(C1)N2Cc1cccc2cccnc12. The van der Waals surface area contributed by atoms with E-state index in [-0.39, 0.29) is 0 Å². The lowest BCUT2D eigenvalue weighted by Gasteiger charge is -2.44. The number of benzene rings is 1. The number of piperidine rings is 1. The van der Waals surface area contributed by atoms with Crippen molar-refractivity contribution in [1.82, 2.24) is 19.4 Å². The number of aliphatic hydroxyl groups is 1.